The van der Waals surface area contributed by atoms with Crippen LogP contribution in [0.3, 0.4) is 0 Å². The number of nitrogens with one attached hydrogen (secondary N) is 1. The van der Waals surface area contributed by atoms with E-state index in [-0.39, 0.29) is 17.4 Å². The first-order chi connectivity index (χ1) is 10.6. The van der Waals surface area contributed by atoms with Crippen LogP contribution in [0.15, 0.2) is 18.2 Å². The molecule has 5 nitrogen and oxygen atoms in total. The zero-order valence-corrected chi connectivity index (χ0v) is 13.2. The minimum Gasteiger partial charge on any atom is -0.497 e. The van der Waals surface area contributed by atoms with Crippen molar-refractivity contribution >= 4 is 5.91 Å². The number of carbonyl (C=O) groups is 1. The van der Waals surface area contributed by atoms with Crippen molar-refractivity contribution in [3.8, 4) is 11.5 Å². The fourth-order valence-electron chi connectivity index (χ4n) is 3.09. The van der Waals surface area contributed by atoms with Crippen molar-refractivity contribution in [2.45, 2.75) is 31.7 Å². The van der Waals surface area contributed by atoms with Crippen LogP contribution in [0.4, 0.5) is 0 Å². The van der Waals surface area contributed by atoms with Gasteiger partial charge in [0.15, 0.2) is 0 Å². The lowest BCUT2D eigenvalue weighted by Gasteiger charge is -2.33. The summed E-state index contributed by atoms with van der Waals surface area (Å²) in [6.45, 7) is 2.93. The average Bonchev–Trinajstić information content (AvgIpc) is 3.38. The molecule has 1 aromatic carbocycles. The highest BCUT2D eigenvalue weighted by Gasteiger charge is 2.42. The van der Waals surface area contributed by atoms with Crippen LogP contribution in [0.5, 0.6) is 11.5 Å². The molecule has 120 valence electrons. The van der Waals surface area contributed by atoms with Crippen molar-refractivity contribution in [1.29, 1.82) is 0 Å². The molecule has 3 rings (SSSR count). The molecule has 1 amide bonds. The molecule has 1 saturated carbocycles. The molecule has 1 aliphatic carbocycles. The topological polar surface area (TPSA) is 73.6 Å². The summed E-state index contributed by atoms with van der Waals surface area (Å²) in [7, 11) is 1.64. The maximum Gasteiger partial charge on any atom is 0.227 e. The number of amides is 1. The Hall–Kier alpha value is -1.75. The van der Waals surface area contributed by atoms with Gasteiger partial charge in [0, 0.05) is 6.54 Å². The van der Waals surface area contributed by atoms with Gasteiger partial charge in [-0.15, -0.1) is 0 Å². The van der Waals surface area contributed by atoms with Gasteiger partial charge in [-0.05, 0) is 55.9 Å². The number of ether oxygens (including phenoxy) is 2. The largest absolute Gasteiger partial charge is 0.497 e. The highest BCUT2D eigenvalue weighted by Crippen LogP contribution is 2.39. The van der Waals surface area contributed by atoms with E-state index in [1.165, 1.54) is 0 Å². The quantitative estimate of drug-likeness (QED) is 0.864. The molecular formula is C17H24N2O3. The maximum absolute atomic E-state index is 12.6. The van der Waals surface area contributed by atoms with Crippen molar-refractivity contribution in [3.05, 3.63) is 23.8 Å². The van der Waals surface area contributed by atoms with E-state index in [9.17, 15) is 4.79 Å². The SMILES string of the molecule is COc1ccc2c(c1)CC(C(=O)NC(C)(CN)C1CC1)CO2. The molecule has 0 radical (unpaired) electrons. The predicted molar refractivity (Wildman–Crippen MR) is 84.0 cm³/mol. The molecular weight excluding hydrogens is 280 g/mol. The summed E-state index contributed by atoms with van der Waals surface area (Å²) in [5.74, 6) is 2.00. The molecule has 1 heterocycles. The Morgan fingerprint density at radius 1 is 1.50 bits per heavy atom. The third kappa shape index (κ3) is 2.90. The molecule has 2 aliphatic rings. The zero-order valence-electron chi connectivity index (χ0n) is 13.2. The van der Waals surface area contributed by atoms with Gasteiger partial charge in [-0.1, -0.05) is 0 Å². The van der Waals surface area contributed by atoms with Crippen molar-refractivity contribution in [3.63, 3.8) is 0 Å². The van der Waals surface area contributed by atoms with Gasteiger partial charge in [0.2, 0.25) is 5.91 Å². The van der Waals surface area contributed by atoms with Gasteiger partial charge in [0.1, 0.15) is 18.1 Å². The first-order valence-electron chi connectivity index (χ1n) is 7.87. The van der Waals surface area contributed by atoms with Crippen LogP contribution in [-0.4, -0.2) is 31.7 Å². The van der Waals surface area contributed by atoms with Gasteiger partial charge < -0.3 is 20.5 Å². The average molecular weight is 304 g/mol. The van der Waals surface area contributed by atoms with Gasteiger partial charge in [-0.2, -0.15) is 0 Å². The van der Waals surface area contributed by atoms with Gasteiger partial charge in [0.05, 0.1) is 18.6 Å². The molecule has 2 unspecified atom stereocenters. The molecule has 5 heteroatoms. The van der Waals surface area contributed by atoms with E-state index in [0.29, 0.717) is 25.5 Å². The summed E-state index contributed by atoms with van der Waals surface area (Å²) in [4.78, 5) is 12.6. The van der Waals surface area contributed by atoms with Crippen LogP contribution >= 0.6 is 0 Å². The normalized spacial score (nSPS) is 23.0. The Bertz CT molecular complexity index is 571. The number of hydrogen-bond acceptors (Lipinski definition) is 4. The fourth-order valence-corrected chi connectivity index (χ4v) is 3.09. The second-order valence-electron chi connectivity index (χ2n) is 6.57. The number of hydrogen-bond donors (Lipinski definition) is 2. The Labute approximate surface area is 131 Å². The Morgan fingerprint density at radius 2 is 2.27 bits per heavy atom. The Morgan fingerprint density at radius 3 is 2.91 bits per heavy atom. The lowest BCUT2D eigenvalue weighted by atomic mass is 9.91. The number of benzene rings is 1. The van der Waals surface area contributed by atoms with Crippen LogP contribution in [0.2, 0.25) is 0 Å². The third-order valence-electron chi connectivity index (χ3n) is 4.86. The van der Waals surface area contributed by atoms with Crippen LogP contribution in [0, 0.1) is 11.8 Å². The van der Waals surface area contributed by atoms with Gasteiger partial charge >= 0.3 is 0 Å². The second kappa shape index (κ2) is 5.80. The highest BCUT2D eigenvalue weighted by atomic mass is 16.5. The number of nitrogens with two attached hydrogens (primary N) is 1. The van der Waals surface area contributed by atoms with E-state index < -0.39 is 0 Å². The van der Waals surface area contributed by atoms with Gasteiger partial charge in [0.25, 0.3) is 0 Å². The van der Waals surface area contributed by atoms with E-state index in [4.69, 9.17) is 15.2 Å². The molecule has 1 aliphatic heterocycles. The molecule has 22 heavy (non-hydrogen) atoms. The van der Waals surface area contributed by atoms with E-state index in [2.05, 4.69) is 5.32 Å². The smallest absolute Gasteiger partial charge is 0.227 e. The molecule has 0 saturated heterocycles. The first kappa shape index (κ1) is 15.2. The lowest BCUT2D eigenvalue weighted by Crippen LogP contribution is -2.55. The monoisotopic (exact) mass is 304 g/mol. The molecule has 1 aromatic rings. The van der Waals surface area contributed by atoms with Crippen LogP contribution in [-0.2, 0) is 11.2 Å². The van der Waals surface area contributed by atoms with Crippen LogP contribution in [0.1, 0.15) is 25.3 Å². The standard InChI is InChI=1S/C17H24N2O3/c1-17(10-18,13-3-4-13)19-16(20)12-7-11-8-14(21-2)5-6-15(11)22-9-12/h5-6,8,12-13H,3-4,7,9-10,18H2,1-2H3,(H,19,20). The van der Waals surface area contributed by atoms with Gasteiger partial charge in [-0.3, -0.25) is 4.79 Å². The third-order valence-corrected chi connectivity index (χ3v) is 4.86. The summed E-state index contributed by atoms with van der Waals surface area (Å²) in [5, 5.41) is 3.16. The molecule has 0 bridgehead atoms. The summed E-state index contributed by atoms with van der Waals surface area (Å²) >= 11 is 0. The van der Waals surface area contributed by atoms with Crippen molar-refractivity contribution in [2.75, 3.05) is 20.3 Å². The van der Waals surface area contributed by atoms with E-state index >= 15 is 0 Å². The zero-order chi connectivity index (χ0) is 15.7. The first-order valence-corrected chi connectivity index (χ1v) is 7.87. The molecule has 3 N–H and O–H groups in total. The summed E-state index contributed by atoms with van der Waals surface area (Å²) in [5.41, 5.74) is 6.61. The predicted octanol–water partition coefficient (Wildman–Crippen LogP) is 1.49. The van der Waals surface area contributed by atoms with Crippen molar-refractivity contribution in [2.24, 2.45) is 17.6 Å². The molecule has 1 fully saturated rings. The van der Waals surface area contributed by atoms with Crippen molar-refractivity contribution < 1.29 is 14.3 Å². The second-order valence-corrected chi connectivity index (χ2v) is 6.57. The fraction of sp³-hybridized carbons (Fsp3) is 0.588. The molecule has 0 aromatic heterocycles. The minimum absolute atomic E-state index is 0.0355. The number of methoxy groups -OCH3 is 1. The van der Waals surface area contributed by atoms with Crippen LogP contribution < -0.4 is 20.5 Å². The highest BCUT2D eigenvalue weighted by molar-refractivity contribution is 5.80. The summed E-state index contributed by atoms with van der Waals surface area (Å²) < 4.78 is 11.0. The summed E-state index contributed by atoms with van der Waals surface area (Å²) in [6, 6.07) is 5.71. The Balaban J connectivity index is 1.69. The summed E-state index contributed by atoms with van der Waals surface area (Å²) in [6.07, 6.45) is 2.97. The molecule has 0 spiro atoms. The minimum atomic E-state index is -0.286. The number of fused-ring (bicyclic) bond motifs is 1. The van der Waals surface area contributed by atoms with Gasteiger partial charge in [-0.25, -0.2) is 0 Å². The van der Waals surface area contributed by atoms with Crippen molar-refractivity contribution in [1.82, 2.24) is 5.32 Å². The van der Waals surface area contributed by atoms with E-state index in [0.717, 1.165) is 29.9 Å². The van der Waals surface area contributed by atoms with Crippen LogP contribution in [0.25, 0.3) is 0 Å². The Kier molecular flexibility index (Phi) is 4.00. The number of carbonyl (C=O) groups excluding carboxylic acids is 1. The van der Waals surface area contributed by atoms with E-state index in [1.807, 2.05) is 25.1 Å². The number of rotatable bonds is 5. The maximum atomic E-state index is 12.6. The lowest BCUT2D eigenvalue weighted by molar-refractivity contribution is -0.128. The van der Waals surface area contributed by atoms with E-state index in [1.54, 1.807) is 7.11 Å². The molecule has 2 atom stereocenters.